The molecule has 6 nitrogen and oxygen atoms in total. The molecular weight excluding hydrogens is 206 g/mol. The van der Waals surface area contributed by atoms with Gasteiger partial charge in [0.15, 0.2) is 0 Å². The van der Waals surface area contributed by atoms with E-state index in [4.69, 9.17) is 5.73 Å². The van der Waals surface area contributed by atoms with Crippen molar-refractivity contribution < 1.29 is 4.79 Å². The molecule has 0 fully saturated rings. The summed E-state index contributed by atoms with van der Waals surface area (Å²) in [6.45, 7) is 4.08. The lowest BCUT2D eigenvalue weighted by atomic mass is 10.2. The van der Waals surface area contributed by atoms with Gasteiger partial charge in [0, 0.05) is 38.4 Å². The van der Waals surface area contributed by atoms with Crippen LogP contribution in [0.1, 0.15) is 18.2 Å². The number of aryl methyl sites for hydroxylation is 2. The van der Waals surface area contributed by atoms with E-state index < -0.39 is 6.03 Å². The smallest absolute Gasteiger partial charge is 0.312 e. The summed E-state index contributed by atoms with van der Waals surface area (Å²) in [7, 11) is 1.91. The summed E-state index contributed by atoms with van der Waals surface area (Å²) in [5.41, 5.74) is 7.25. The van der Waals surface area contributed by atoms with Crippen LogP contribution in [-0.4, -0.2) is 28.9 Å². The van der Waals surface area contributed by atoms with Crippen molar-refractivity contribution in [2.24, 2.45) is 12.8 Å². The molecule has 16 heavy (non-hydrogen) atoms. The van der Waals surface area contributed by atoms with Gasteiger partial charge in [-0.05, 0) is 6.42 Å². The summed E-state index contributed by atoms with van der Waals surface area (Å²) in [6.07, 6.45) is 2.94. The molecule has 4 N–H and O–H groups in total. The van der Waals surface area contributed by atoms with Crippen molar-refractivity contribution in [3.8, 4) is 0 Å². The van der Waals surface area contributed by atoms with Crippen LogP contribution in [0.15, 0.2) is 6.20 Å². The van der Waals surface area contributed by atoms with Crippen molar-refractivity contribution in [3.05, 3.63) is 17.5 Å². The third-order valence-electron chi connectivity index (χ3n) is 2.24. The Balaban J connectivity index is 2.28. The maximum atomic E-state index is 10.4. The standard InChI is InChI=1S/C10H19N5O/c1-3-9-8(7-15(2)14-9)6-12-4-5-13-10(11)16/h7,12H,3-6H2,1-2H3,(H3,11,13,16). The van der Waals surface area contributed by atoms with Gasteiger partial charge in [-0.25, -0.2) is 4.79 Å². The van der Waals surface area contributed by atoms with Crippen molar-refractivity contribution >= 4 is 6.03 Å². The van der Waals surface area contributed by atoms with Crippen LogP contribution in [0.2, 0.25) is 0 Å². The number of primary amides is 1. The third-order valence-corrected chi connectivity index (χ3v) is 2.24. The number of nitrogens with one attached hydrogen (secondary N) is 2. The van der Waals surface area contributed by atoms with Gasteiger partial charge in [0.1, 0.15) is 0 Å². The maximum Gasteiger partial charge on any atom is 0.312 e. The predicted octanol–water partition coefficient (Wildman–Crippen LogP) is -0.260. The zero-order chi connectivity index (χ0) is 12.0. The number of carbonyl (C=O) groups is 1. The van der Waals surface area contributed by atoms with Crippen LogP contribution < -0.4 is 16.4 Å². The fourth-order valence-electron chi connectivity index (χ4n) is 1.53. The molecule has 1 aromatic heterocycles. The number of aromatic nitrogens is 2. The Kier molecular flexibility index (Phi) is 4.78. The number of urea groups is 1. The van der Waals surface area contributed by atoms with Gasteiger partial charge in [-0.3, -0.25) is 4.68 Å². The number of nitrogens with zero attached hydrogens (tertiary/aromatic N) is 2. The molecule has 2 amide bonds. The molecule has 6 heteroatoms. The fraction of sp³-hybridized carbons (Fsp3) is 0.600. The summed E-state index contributed by atoms with van der Waals surface area (Å²) in [5, 5.41) is 10.1. The molecule has 0 aromatic carbocycles. The van der Waals surface area contributed by atoms with Gasteiger partial charge in [0.05, 0.1) is 5.69 Å². The van der Waals surface area contributed by atoms with Crippen LogP contribution in [0.3, 0.4) is 0 Å². The molecule has 0 radical (unpaired) electrons. The lowest BCUT2D eigenvalue weighted by Crippen LogP contribution is -2.35. The highest BCUT2D eigenvalue weighted by atomic mass is 16.2. The minimum Gasteiger partial charge on any atom is -0.352 e. The van der Waals surface area contributed by atoms with Gasteiger partial charge in [0.25, 0.3) is 0 Å². The summed E-state index contributed by atoms with van der Waals surface area (Å²) in [5.74, 6) is 0. The Labute approximate surface area is 95.2 Å². The molecule has 0 aliphatic heterocycles. The summed E-state index contributed by atoms with van der Waals surface area (Å²) < 4.78 is 1.82. The summed E-state index contributed by atoms with van der Waals surface area (Å²) in [6, 6.07) is -0.488. The van der Waals surface area contributed by atoms with Crippen LogP contribution in [0.4, 0.5) is 4.79 Å². The highest BCUT2D eigenvalue weighted by molar-refractivity contribution is 5.71. The van der Waals surface area contributed by atoms with Crippen LogP contribution in [0.25, 0.3) is 0 Å². The second-order valence-corrected chi connectivity index (χ2v) is 3.60. The van der Waals surface area contributed by atoms with E-state index in [0.717, 1.165) is 18.7 Å². The highest BCUT2D eigenvalue weighted by Gasteiger charge is 2.04. The number of carbonyl (C=O) groups excluding carboxylic acids is 1. The zero-order valence-corrected chi connectivity index (χ0v) is 9.79. The minimum absolute atomic E-state index is 0.488. The Morgan fingerprint density at radius 1 is 1.56 bits per heavy atom. The van der Waals surface area contributed by atoms with Crippen LogP contribution in [0.5, 0.6) is 0 Å². The summed E-state index contributed by atoms with van der Waals surface area (Å²) >= 11 is 0. The maximum absolute atomic E-state index is 10.4. The molecule has 1 rings (SSSR count). The molecular formula is C10H19N5O. The van der Waals surface area contributed by atoms with E-state index in [1.165, 1.54) is 5.56 Å². The number of amides is 2. The van der Waals surface area contributed by atoms with Crippen molar-refractivity contribution in [1.29, 1.82) is 0 Å². The first-order valence-electron chi connectivity index (χ1n) is 5.39. The average Bonchev–Trinajstić information content (AvgIpc) is 2.58. The number of hydrogen-bond acceptors (Lipinski definition) is 3. The van der Waals surface area contributed by atoms with Crippen molar-refractivity contribution in [1.82, 2.24) is 20.4 Å². The minimum atomic E-state index is -0.488. The van der Waals surface area contributed by atoms with E-state index in [2.05, 4.69) is 22.7 Å². The quantitative estimate of drug-likeness (QED) is 0.583. The first-order valence-corrected chi connectivity index (χ1v) is 5.39. The molecule has 0 aliphatic rings. The lowest BCUT2D eigenvalue weighted by molar-refractivity contribution is 0.249. The van der Waals surface area contributed by atoms with Gasteiger partial charge in [-0.15, -0.1) is 0 Å². The Morgan fingerprint density at radius 2 is 2.31 bits per heavy atom. The van der Waals surface area contributed by atoms with Gasteiger partial charge >= 0.3 is 6.03 Å². The van der Waals surface area contributed by atoms with Crippen molar-refractivity contribution in [3.63, 3.8) is 0 Å². The monoisotopic (exact) mass is 225 g/mol. The van der Waals surface area contributed by atoms with Gasteiger partial charge in [0.2, 0.25) is 0 Å². The molecule has 0 aliphatic carbocycles. The predicted molar refractivity (Wildman–Crippen MR) is 61.9 cm³/mol. The topological polar surface area (TPSA) is 85.0 Å². The molecule has 0 bridgehead atoms. The molecule has 1 aromatic rings. The second kappa shape index (κ2) is 6.12. The van der Waals surface area contributed by atoms with Gasteiger partial charge in [-0.1, -0.05) is 6.92 Å². The van der Waals surface area contributed by atoms with E-state index in [9.17, 15) is 4.79 Å². The molecule has 0 unspecified atom stereocenters. The SMILES string of the molecule is CCc1nn(C)cc1CNCCNC(N)=O. The zero-order valence-electron chi connectivity index (χ0n) is 9.79. The largest absolute Gasteiger partial charge is 0.352 e. The lowest BCUT2D eigenvalue weighted by Gasteiger charge is -2.04. The van der Waals surface area contributed by atoms with Crippen LogP contribution >= 0.6 is 0 Å². The molecule has 0 saturated heterocycles. The first kappa shape index (κ1) is 12.5. The van der Waals surface area contributed by atoms with E-state index >= 15 is 0 Å². The molecule has 0 spiro atoms. The molecule has 0 atom stereocenters. The average molecular weight is 225 g/mol. The molecule has 0 saturated carbocycles. The van der Waals surface area contributed by atoms with E-state index in [1.807, 2.05) is 17.9 Å². The number of rotatable bonds is 6. The van der Waals surface area contributed by atoms with Gasteiger partial charge < -0.3 is 16.4 Å². The van der Waals surface area contributed by atoms with Crippen molar-refractivity contribution in [2.75, 3.05) is 13.1 Å². The van der Waals surface area contributed by atoms with Crippen LogP contribution in [-0.2, 0) is 20.0 Å². The van der Waals surface area contributed by atoms with E-state index in [-0.39, 0.29) is 0 Å². The van der Waals surface area contributed by atoms with E-state index in [0.29, 0.717) is 13.1 Å². The normalized spacial score (nSPS) is 10.4. The molecule has 1 heterocycles. The highest BCUT2D eigenvalue weighted by Crippen LogP contribution is 2.06. The molecule has 90 valence electrons. The Morgan fingerprint density at radius 3 is 2.94 bits per heavy atom. The third kappa shape index (κ3) is 3.90. The number of hydrogen-bond donors (Lipinski definition) is 3. The van der Waals surface area contributed by atoms with Crippen LogP contribution in [0, 0.1) is 0 Å². The van der Waals surface area contributed by atoms with Crippen molar-refractivity contribution in [2.45, 2.75) is 19.9 Å². The van der Waals surface area contributed by atoms with E-state index in [1.54, 1.807) is 0 Å². The Hall–Kier alpha value is -1.56. The number of nitrogens with two attached hydrogens (primary N) is 1. The van der Waals surface area contributed by atoms with Gasteiger partial charge in [-0.2, -0.15) is 5.10 Å². The second-order valence-electron chi connectivity index (χ2n) is 3.60. The first-order chi connectivity index (χ1) is 7.63. The summed E-state index contributed by atoms with van der Waals surface area (Å²) in [4.78, 5) is 10.4. The fourth-order valence-corrected chi connectivity index (χ4v) is 1.53. The Bertz CT molecular complexity index is 347.